The van der Waals surface area contributed by atoms with E-state index in [0.717, 1.165) is 23.2 Å². The highest BCUT2D eigenvalue weighted by Gasteiger charge is 2.26. The number of rotatable bonds is 2. The molecule has 1 fully saturated rings. The number of hydrogen-bond acceptors (Lipinski definition) is 2. The van der Waals surface area contributed by atoms with E-state index in [1.165, 1.54) is 19.3 Å². The summed E-state index contributed by atoms with van der Waals surface area (Å²) in [6, 6.07) is 0. The second-order valence-corrected chi connectivity index (χ2v) is 5.01. The molecular weight excluding hydrogens is 164 g/mol. The summed E-state index contributed by atoms with van der Waals surface area (Å²) in [4.78, 5) is 0. The second kappa shape index (κ2) is 4.09. The lowest BCUT2D eigenvalue weighted by Crippen LogP contribution is -2.42. The van der Waals surface area contributed by atoms with Crippen molar-refractivity contribution >= 4 is 5.71 Å². The highest BCUT2D eigenvalue weighted by molar-refractivity contribution is 5.86. The molecule has 1 rings (SSSR count). The summed E-state index contributed by atoms with van der Waals surface area (Å²) in [7, 11) is 6.55. The Morgan fingerprint density at radius 2 is 2.08 bits per heavy atom. The maximum atomic E-state index is 8.84. The first-order valence-corrected chi connectivity index (χ1v) is 5.04. The van der Waals surface area contributed by atoms with Gasteiger partial charge in [-0.05, 0) is 19.3 Å². The van der Waals surface area contributed by atoms with Gasteiger partial charge >= 0.3 is 0 Å². The van der Waals surface area contributed by atoms with Crippen molar-refractivity contribution < 1.29 is 9.69 Å². The van der Waals surface area contributed by atoms with Gasteiger partial charge in [-0.1, -0.05) is 11.6 Å². The van der Waals surface area contributed by atoms with E-state index in [2.05, 4.69) is 26.3 Å². The summed E-state index contributed by atoms with van der Waals surface area (Å²) in [5.74, 6) is 0.499. The molecule has 3 nitrogen and oxygen atoms in total. The molecule has 0 aromatic carbocycles. The molecule has 0 aromatic heterocycles. The van der Waals surface area contributed by atoms with Crippen LogP contribution >= 0.6 is 0 Å². The average molecular weight is 185 g/mol. The fourth-order valence-electron chi connectivity index (χ4n) is 2.06. The molecule has 0 bridgehead atoms. The van der Waals surface area contributed by atoms with Gasteiger partial charge in [-0.2, -0.15) is 0 Å². The summed E-state index contributed by atoms with van der Waals surface area (Å²) in [6.45, 7) is 1.08. The lowest BCUT2D eigenvalue weighted by Gasteiger charge is -2.31. The Morgan fingerprint density at radius 1 is 1.38 bits per heavy atom. The zero-order chi connectivity index (χ0) is 9.90. The molecule has 76 valence electrons. The van der Waals surface area contributed by atoms with Crippen molar-refractivity contribution in [1.29, 1.82) is 0 Å². The minimum atomic E-state index is 0.499. The summed E-state index contributed by atoms with van der Waals surface area (Å²) < 4.78 is 0.948. The Kier molecular flexibility index (Phi) is 3.31. The standard InChI is InChI=1S/C10H20N2O/c1-12(2,3)8-9-6-4-5-7-10(9)11-13/h9H,4-8H2,1-3H3/p+1/b11-10+/t9-/m1/s1. The first-order chi connectivity index (χ1) is 6.03. The molecule has 3 heteroatoms. The summed E-state index contributed by atoms with van der Waals surface area (Å²) in [6.07, 6.45) is 4.65. The molecule has 0 heterocycles. The molecular formula is C10H21N2O+. The zero-order valence-electron chi connectivity index (χ0n) is 8.95. The molecule has 1 aliphatic carbocycles. The van der Waals surface area contributed by atoms with E-state index in [1.54, 1.807) is 0 Å². The van der Waals surface area contributed by atoms with Crippen molar-refractivity contribution in [2.45, 2.75) is 25.7 Å². The van der Waals surface area contributed by atoms with Gasteiger partial charge in [-0.3, -0.25) is 0 Å². The lowest BCUT2D eigenvalue weighted by molar-refractivity contribution is -0.872. The van der Waals surface area contributed by atoms with Gasteiger partial charge < -0.3 is 9.69 Å². The maximum absolute atomic E-state index is 8.84. The van der Waals surface area contributed by atoms with Crippen LogP contribution in [0.4, 0.5) is 0 Å². The lowest BCUT2D eigenvalue weighted by atomic mass is 9.86. The van der Waals surface area contributed by atoms with Crippen molar-refractivity contribution in [3.05, 3.63) is 0 Å². The molecule has 0 radical (unpaired) electrons. The maximum Gasteiger partial charge on any atom is 0.0863 e. The van der Waals surface area contributed by atoms with Crippen molar-refractivity contribution in [1.82, 2.24) is 0 Å². The van der Waals surface area contributed by atoms with Crippen LogP contribution in [-0.2, 0) is 0 Å². The molecule has 1 aliphatic rings. The molecule has 0 aromatic rings. The van der Waals surface area contributed by atoms with Gasteiger partial charge in [0, 0.05) is 5.92 Å². The van der Waals surface area contributed by atoms with Gasteiger partial charge in [-0.15, -0.1) is 0 Å². The molecule has 13 heavy (non-hydrogen) atoms. The van der Waals surface area contributed by atoms with Gasteiger partial charge in [0.15, 0.2) is 0 Å². The van der Waals surface area contributed by atoms with Gasteiger partial charge in [0.25, 0.3) is 0 Å². The average Bonchev–Trinajstić information content (AvgIpc) is 2.02. The molecule has 1 saturated carbocycles. The summed E-state index contributed by atoms with van der Waals surface area (Å²) in [5.41, 5.74) is 1.01. The molecule has 1 N–H and O–H groups in total. The van der Waals surface area contributed by atoms with Gasteiger partial charge in [0.05, 0.1) is 33.4 Å². The summed E-state index contributed by atoms with van der Waals surface area (Å²) >= 11 is 0. The van der Waals surface area contributed by atoms with Crippen LogP contribution in [0.1, 0.15) is 25.7 Å². The van der Waals surface area contributed by atoms with Gasteiger partial charge in [0.1, 0.15) is 0 Å². The van der Waals surface area contributed by atoms with Crippen molar-refractivity contribution in [2.24, 2.45) is 11.1 Å². The van der Waals surface area contributed by atoms with Crippen LogP contribution in [0, 0.1) is 5.92 Å². The molecule has 0 unspecified atom stereocenters. The monoisotopic (exact) mass is 185 g/mol. The Morgan fingerprint density at radius 3 is 2.62 bits per heavy atom. The summed E-state index contributed by atoms with van der Waals surface area (Å²) in [5, 5.41) is 12.3. The van der Waals surface area contributed by atoms with Gasteiger partial charge in [-0.25, -0.2) is 0 Å². The van der Waals surface area contributed by atoms with Crippen LogP contribution in [0.3, 0.4) is 0 Å². The molecule has 0 saturated heterocycles. The Labute approximate surface area is 80.6 Å². The van der Waals surface area contributed by atoms with Crippen LogP contribution in [0.15, 0.2) is 5.16 Å². The predicted molar refractivity (Wildman–Crippen MR) is 54.1 cm³/mol. The topological polar surface area (TPSA) is 32.6 Å². The molecule has 0 amide bonds. The SMILES string of the molecule is C[N+](C)(C)C[C@H]1CCCC/C1=N\O. The van der Waals surface area contributed by atoms with Crippen LogP contribution in [0.5, 0.6) is 0 Å². The largest absolute Gasteiger partial charge is 0.411 e. The third kappa shape index (κ3) is 3.35. The first kappa shape index (κ1) is 10.5. The van der Waals surface area contributed by atoms with E-state index in [9.17, 15) is 0 Å². The second-order valence-electron chi connectivity index (χ2n) is 5.01. The molecule has 0 aliphatic heterocycles. The zero-order valence-corrected chi connectivity index (χ0v) is 8.95. The van der Waals surface area contributed by atoms with Crippen LogP contribution in [0.25, 0.3) is 0 Å². The van der Waals surface area contributed by atoms with E-state index < -0.39 is 0 Å². The van der Waals surface area contributed by atoms with E-state index in [-0.39, 0.29) is 0 Å². The third-order valence-corrected chi connectivity index (χ3v) is 2.60. The Balaban J connectivity index is 2.56. The number of hydrogen-bond donors (Lipinski definition) is 1. The number of quaternary nitrogens is 1. The Bertz CT molecular complexity index is 194. The van der Waals surface area contributed by atoms with Gasteiger partial charge in [0.2, 0.25) is 0 Å². The minimum Gasteiger partial charge on any atom is -0.411 e. The minimum absolute atomic E-state index is 0.499. The van der Waals surface area contributed by atoms with Crippen LogP contribution in [0.2, 0.25) is 0 Å². The van der Waals surface area contributed by atoms with Crippen molar-refractivity contribution in [3.8, 4) is 0 Å². The van der Waals surface area contributed by atoms with E-state index in [4.69, 9.17) is 5.21 Å². The van der Waals surface area contributed by atoms with E-state index in [0.29, 0.717) is 5.92 Å². The third-order valence-electron chi connectivity index (χ3n) is 2.60. The number of oxime groups is 1. The molecule has 0 spiro atoms. The quantitative estimate of drug-likeness (QED) is 0.396. The van der Waals surface area contributed by atoms with Crippen LogP contribution in [-0.4, -0.2) is 43.1 Å². The smallest absolute Gasteiger partial charge is 0.0863 e. The van der Waals surface area contributed by atoms with Crippen LogP contribution < -0.4 is 0 Å². The molecule has 1 atom stereocenters. The van der Waals surface area contributed by atoms with E-state index in [1.807, 2.05) is 0 Å². The number of nitrogens with zero attached hydrogens (tertiary/aromatic N) is 2. The normalized spacial score (nSPS) is 27.9. The highest BCUT2D eigenvalue weighted by atomic mass is 16.4. The van der Waals surface area contributed by atoms with Crippen molar-refractivity contribution in [2.75, 3.05) is 27.7 Å². The fraction of sp³-hybridized carbons (Fsp3) is 0.900. The van der Waals surface area contributed by atoms with Crippen molar-refractivity contribution in [3.63, 3.8) is 0 Å². The predicted octanol–water partition coefficient (Wildman–Crippen LogP) is 1.71. The first-order valence-electron chi connectivity index (χ1n) is 5.04. The highest BCUT2D eigenvalue weighted by Crippen LogP contribution is 2.23. The van der Waals surface area contributed by atoms with E-state index >= 15 is 0 Å². The fourth-order valence-corrected chi connectivity index (χ4v) is 2.06. The Hall–Kier alpha value is -0.570.